The molecule has 41 heavy (non-hydrogen) atoms. The Morgan fingerprint density at radius 1 is 0.488 bits per heavy atom. The molecule has 0 aliphatic heterocycles. The molecule has 0 spiro atoms. The van der Waals surface area contributed by atoms with Crippen molar-refractivity contribution < 1.29 is 17.6 Å². The van der Waals surface area contributed by atoms with Crippen LogP contribution in [0.5, 0.6) is 0 Å². The summed E-state index contributed by atoms with van der Waals surface area (Å²) in [6.45, 7) is 0. The smallest absolute Gasteiger partial charge is 0.416 e. The second-order valence-electron chi connectivity index (χ2n) is 9.83. The van der Waals surface area contributed by atoms with Crippen LogP contribution in [0.2, 0.25) is 0 Å². The Labute approximate surface area is 233 Å². The third-order valence-electron chi connectivity index (χ3n) is 7.26. The highest BCUT2D eigenvalue weighted by Gasteiger charge is 2.30. The zero-order valence-corrected chi connectivity index (χ0v) is 21.6. The predicted molar refractivity (Wildman–Crippen MR) is 156 cm³/mol. The van der Waals surface area contributed by atoms with Crippen molar-refractivity contribution in [3.63, 3.8) is 0 Å². The fraction of sp³-hybridized carbons (Fsp3) is 0.0286. The van der Waals surface area contributed by atoms with Crippen molar-refractivity contribution in [2.45, 2.75) is 6.18 Å². The Kier molecular flexibility index (Phi) is 5.89. The van der Waals surface area contributed by atoms with E-state index in [1.54, 1.807) is 24.5 Å². The van der Waals surface area contributed by atoms with Gasteiger partial charge in [-0.25, -0.2) is 0 Å². The monoisotopic (exact) mass is 542 g/mol. The highest BCUT2D eigenvalue weighted by molar-refractivity contribution is 6.13. The van der Waals surface area contributed by atoms with E-state index in [9.17, 15) is 13.2 Å². The van der Waals surface area contributed by atoms with Crippen LogP contribution in [0.25, 0.3) is 66.4 Å². The number of halogens is 3. The summed E-state index contributed by atoms with van der Waals surface area (Å²) in [5.74, 6) is 0. The van der Waals surface area contributed by atoms with Crippen molar-refractivity contribution in [2.75, 3.05) is 0 Å². The number of alkyl halides is 3. The Bertz CT molecular complexity index is 1970. The van der Waals surface area contributed by atoms with Gasteiger partial charge in [0.25, 0.3) is 0 Å². The molecule has 0 fully saturated rings. The van der Waals surface area contributed by atoms with E-state index in [-0.39, 0.29) is 0 Å². The molecule has 7 rings (SSSR count). The van der Waals surface area contributed by atoms with Gasteiger partial charge in [-0.3, -0.25) is 9.97 Å². The van der Waals surface area contributed by atoms with E-state index in [0.717, 1.165) is 50.2 Å². The number of pyridine rings is 2. The molecule has 6 heteroatoms. The van der Waals surface area contributed by atoms with Crippen LogP contribution in [-0.4, -0.2) is 9.97 Å². The fourth-order valence-electron chi connectivity index (χ4n) is 5.32. The lowest BCUT2D eigenvalue weighted by atomic mass is 9.93. The van der Waals surface area contributed by atoms with Gasteiger partial charge in [0.05, 0.1) is 5.56 Å². The van der Waals surface area contributed by atoms with Crippen LogP contribution in [0.15, 0.2) is 132 Å². The zero-order valence-electron chi connectivity index (χ0n) is 21.6. The molecule has 0 saturated carbocycles. The number of hydrogen-bond acceptors (Lipinski definition) is 3. The van der Waals surface area contributed by atoms with Crippen molar-refractivity contribution in [3.05, 3.63) is 133 Å². The molecule has 3 nitrogen and oxygen atoms in total. The van der Waals surface area contributed by atoms with Crippen LogP contribution in [0.4, 0.5) is 13.2 Å². The normalized spacial score (nSPS) is 11.8. The molecule has 0 N–H and O–H groups in total. The minimum absolute atomic E-state index is 0.448. The molecule has 3 aromatic heterocycles. The van der Waals surface area contributed by atoms with E-state index in [1.807, 2.05) is 67.0 Å². The van der Waals surface area contributed by atoms with Gasteiger partial charge in [-0.2, -0.15) is 13.2 Å². The van der Waals surface area contributed by atoms with Gasteiger partial charge < -0.3 is 4.42 Å². The summed E-state index contributed by atoms with van der Waals surface area (Å²) in [4.78, 5) is 8.61. The lowest BCUT2D eigenvalue weighted by molar-refractivity contribution is -0.137. The maximum atomic E-state index is 13.5. The number of para-hydroxylation sites is 2. The summed E-state index contributed by atoms with van der Waals surface area (Å²) in [5.41, 5.74) is 7.33. The SMILES string of the molecule is FC(F)(F)c1cccc(-c2cccc3c2oc2c(-c4cc(-c5cccnc5)cc(-c5cccnc5)c4)cccc23)c1. The summed E-state index contributed by atoms with van der Waals surface area (Å²) in [7, 11) is 0. The molecule has 4 aromatic carbocycles. The minimum atomic E-state index is -4.43. The lowest BCUT2D eigenvalue weighted by Crippen LogP contribution is -2.04. The molecule has 0 bridgehead atoms. The molecule has 0 aliphatic carbocycles. The quantitative estimate of drug-likeness (QED) is 0.222. The van der Waals surface area contributed by atoms with Crippen LogP contribution < -0.4 is 0 Å². The van der Waals surface area contributed by atoms with Gasteiger partial charge in [0.15, 0.2) is 0 Å². The molecule has 0 saturated heterocycles. The minimum Gasteiger partial charge on any atom is -0.455 e. The van der Waals surface area contributed by atoms with Crippen LogP contribution in [0, 0.1) is 0 Å². The second-order valence-corrected chi connectivity index (χ2v) is 9.83. The zero-order chi connectivity index (χ0) is 28.0. The summed E-state index contributed by atoms with van der Waals surface area (Å²) in [5, 5.41) is 1.73. The Morgan fingerprint density at radius 2 is 1.00 bits per heavy atom. The highest BCUT2D eigenvalue weighted by atomic mass is 19.4. The van der Waals surface area contributed by atoms with E-state index >= 15 is 0 Å². The highest BCUT2D eigenvalue weighted by Crippen LogP contribution is 2.42. The first-order valence-electron chi connectivity index (χ1n) is 13.0. The summed E-state index contributed by atoms with van der Waals surface area (Å²) in [6, 6.07) is 31.1. The van der Waals surface area contributed by atoms with Gasteiger partial charge in [0.1, 0.15) is 11.2 Å². The molecule has 0 unspecified atom stereocenters. The van der Waals surface area contributed by atoms with Gasteiger partial charge in [-0.15, -0.1) is 0 Å². The third kappa shape index (κ3) is 4.53. The van der Waals surface area contributed by atoms with Crippen molar-refractivity contribution >= 4 is 21.9 Å². The molecular formula is C35H21F3N2O. The molecular weight excluding hydrogens is 521 g/mol. The molecule has 3 heterocycles. The van der Waals surface area contributed by atoms with Crippen molar-refractivity contribution in [1.82, 2.24) is 9.97 Å². The van der Waals surface area contributed by atoms with E-state index < -0.39 is 11.7 Å². The maximum absolute atomic E-state index is 13.5. The number of hydrogen-bond donors (Lipinski definition) is 0. The summed E-state index contributed by atoms with van der Waals surface area (Å²) in [6.07, 6.45) is 2.71. The predicted octanol–water partition coefficient (Wildman–Crippen LogP) is 10.1. The van der Waals surface area contributed by atoms with Gasteiger partial charge in [0, 0.05) is 57.8 Å². The molecule has 7 aromatic rings. The molecule has 198 valence electrons. The van der Waals surface area contributed by atoms with Crippen LogP contribution in [-0.2, 0) is 6.18 Å². The van der Waals surface area contributed by atoms with Crippen molar-refractivity contribution in [3.8, 4) is 44.5 Å². The number of fused-ring (bicyclic) bond motifs is 3. The van der Waals surface area contributed by atoms with Crippen LogP contribution in [0.3, 0.4) is 0 Å². The van der Waals surface area contributed by atoms with E-state index in [4.69, 9.17) is 4.42 Å². The van der Waals surface area contributed by atoms with Gasteiger partial charge in [-0.05, 0) is 64.7 Å². The summed E-state index contributed by atoms with van der Waals surface area (Å²) < 4.78 is 47.0. The van der Waals surface area contributed by atoms with Gasteiger partial charge >= 0.3 is 6.18 Å². The van der Waals surface area contributed by atoms with Gasteiger partial charge in [-0.1, -0.05) is 60.7 Å². The third-order valence-corrected chi connectivity index (χ3v) is 7.26. The first kappa shape index (κ1) is 24.8. The van der Waals surface area contributed by atoms with Crippen LogP contribution in [0.1, 0.15) is 5.56 Å². The number of furan rings is 1. The number of benzene rings is 4. The number of nitrogens with zero attached hydrogens (tertiary/aromatic N) is 2. The molecule has 0 radical (unpaired) electrons. The number of rotatable bonds is 4. The topological polar surface area (TPSA) is 38.9 Å². The second kappa shape index (κ2) is 9.75. The van der Waals surface area contributed by atoms with E-state index in [2.05, 4.69) is 28.2 Å². The average Bonchev–Trinajstić information content (AvgIpc) is 3.40. The lowest BCUT2D eigenvalue weighted by Gasteiger charge is -2.11. The standard InChI is InChI=1S/C35H21F3N2O/c36-35(37,38)28-9-1-6-22(19-28)29-10-2-12-31-32-13-3-11-30(34(32)41-33(29)31)27-17-25(23-7-4-14-39-20-23)16-26(18-27)24-8-5-15-40-21-24/h1-21H. The fourth-order valence-corrected chi connectivity index (χ4v) is 5.32. The van der Waals surface area contributed by atoms with Crippen molar-refractivity contribution in [2.24, 2.45) is 0 Å². The average molecular weight is 543 g/mol. The van der Waals surface area contributed by atoms with Crippen molar-refractivity contribution in [1.29, 1.82) is 0 Å². The Balaban J connectivity index is 1.45. The first-order chi connectivity index (χ1) is 20.0. The molecule has 0 amide bonds. The van der Waals surface area contributed by atoms with E-state index in [1.165, 1.54) is 12.1 Å². The largest absolute Gasteiger partial charge is 0.455 e. The molecule has 0 aliphatic rings. The summed E-state index contributed by atoms with van der Waals surface area (Å²) >= 11 is 0. The Morgan fingerprint density at radius 3 is 1.54 bits per heavy atom. The maximum Gasteiger partial charge on any atom is 0.416 e. The first-order valence-corrected chi connectivity index (χ1v) is 13.0. The van der Waals surface area contributed by atoms with Gasteiger partial charge in [0.2, 0.25) is 0 Å². The molecule has 0 atom stereocenters. The number of aromatic nitrogens is 2. The van der Waals surface area contributed by atoms with E-state index in [0.29, 0.717) is 22.3 Å². The van der Waals surface area contributed by atoms with Crippen LogP contribution >= 0.6 is 0 Å². The Hall–Kier alpha value is -5.23.